The minimum atomic E-state index is 0.116. The fourth-order valence-electron chi connectivity index (χ4n) is 4.49. The predicted molar refractivity (Wildman–Crippen MR) is 119 cm³/mol. The molecule has 0 aliphatic carbocycles. The Bertz CT molecular complexity index is 778. The van der Waals surface area contributed by atoms with Gasteiger partial charge in [0.05, 0.1) is 12.3 Å². The number of hydrogen-bond donors (Lipinski definition) is 0. The van der Waals surface area contributed by atoms with E-state index in [0.29, 0.717) is 12.5 Å². The van der Waals surface area contributed by atoms with Crippen molar-refractivity contribution in [2.24, 2.45) is 5.92 Å². The molecule has 2 aliphatic heterocycles. The molecule has 29 heavy (non-hydrogen) atoms. The van der Waals surface area contributed by atoms with Crippen LogP contribution in [0, 0.1) is 5.92 Å². The summed E-state index contributed by atoms with van der Waals surface area (Å²) in [4.78, 5) is 4.99. The van der Waals surface area contributed by atoms with Crippen LogP contribution in [0.15, 0.2) is 48.5 Å². The van der Waals surface area contributed by atoms with E-state index in [0.717, 1.165) is 51.5 Å². The maximum atomic E-state index is 6.36. The van der Waals surface area contributed by atoms with E-state index in [2.05, 4.69) is 72.2 Å². The van der Waals surface area contributed by atoms with Crippen molar-refractivity contribution in [1.82, 2.24) is 4.90 Å². The zero-order valence-electron chi connectivity index (χ0n) is 17.8. The van der Waals surface area contributed by atoms with Crippen molar-refractivity contribution >= 4 is 5.69 Å². The first-order valence-electron chi connectivity index (χ1n) is 11.1. The van der Waals surface area contributed by atoms with Crippen molar-refractivity contribution in [3.8, 4) is 5.75 Å². The van der Waals surface area contributed by atoms with E-state index in [4.69, 9.17) is 9.47 Å². The summed E-state index contributed by atoms with van der Waals surface area (Å²) >= 11 is 0. The number of benzene rings is 2. The number of hydrogen-bond acceptors (Lipinski definition) is 4. The van der Waals surface area contributed by atoms with Crippen LogP contribution in [-0.2, 0) is 17.7 Å². The molecule has 0 N–H and O–H groups in total. The maximum absolute atomic E-state index is 6.36. The molecular weight excluding hydrogens is 360 g/mol. The number of nitrogens with zero attached hydrogens (tertiary/aromatic N) is 2. The summed E-state index contributed by atoms with van der Waals surface area (Å²) in [7, 11) is 0. The second kappa shape index (κ2) is 9.64. The summed E-state index contributed by atoms with van der Waals surface area (Å²) < 4.78 is 12.4. The number of aryl methyl sites for hydroxylation is 1. The third-order valence-corrected chi connectivity index (χ3v) is 5.76. The van der Waals surface area contributed by atoms with Gasteiger partial charge in [0, 0.05) is 32.7 Å². The van der Waals surface area contributed by atoms with E-state index < -0.39 is 0 Å². The second-order valence-corrected chi connectivity index (χ2v) is 8.73. The van der Waals surface area contributed by atoms with Gasteiger partial charge in [-0.25, -0.2) is 0 Å². The molecule has 2 aromatic rings. The molecule has 1 fully saturated rings. The van der Waals surface area contributed by atoms with E-state index in [1.165, 1.54) is 23.2 Å². The van der Waals surface area contributed by atoms with Gasteiger partial charge in [0.2, 0.25) is 0 Å². The number of rotatable bonds is 7. The number of para-hydroxylation sites is 1. The molecule has 4 rings (SSSR count). The van der Waals surface area contributed by atoms with Gasteiger partial charge in [-0.15, -0.1) is 0 Å². The van der Waals surface area contributed by atoms with Crippen LogP contribution in [0.3, 0.4) is 0 Å². The fraction of sp³-hybridized carbons (Fsp3) is 0.520. The topological polar surface area (TPSA) is 24.9 Å². The van der Waals surface area contributed by atoms with E-state index in [9.17, 15) is 0 Å². The Morgan fingerprint density at radius 3 is 2.76 bits per heavy atom. The SMILES string of the molecule is CC(C)CN1CCCc2cccc(OC[C@@H]3CN(Cc4ccccc4)CCO3)c21. The molecule has 2 heterocycles. The van der Waals surface area contributed by atoms with Crippen molar-refractivity contribution in [3.63, 3.8) is 0 Å². The van der Waals surface area contributed by atoms with Crippen molar-refractivity contribution in [1.29, 1.82) is 0 Å². The van der Waals surface area contributed by atoms with Crippen LogP contribution in [0.1, 0.15) is 31.4 Å². The summed E-state index contributed by atoms with van der Waals surface area (Å²) in [5.74, 6) is 1.66. The lowest BCUT2D eigenvalue weighted by Crippen LogP contribution is -2.44. The van der Waals surface area contributed by atoms with Crippen LogP contribution >= 0.6 is 0 Å². The van der Waals surface area contributed by atoms with Crippen LogP contribution in [0.2, 0.25) is 0 Å². The highest BCUT2D eigenvalue weighted by Crippen LogP contribution is 2.37. The molecule has 0 saturated carbocycles. The molecule has 0 bridgehead atoms. The Balaban J connectivity index is 1.39. The molecule has 4 nitrogen and oxygen atoms in total. The zero-order chi connectivity index (χ0) is 20.1. The summed E-state index contributed by atoms with van der Waals surface area (Å²) in [6, 6.07) is 17.2. The average Bonchev–Trinajstić information content (AvgIpc) is 2.73. The molecule has 156 valence electrons. The third kappa shape index (κ3) is 5.31. The first kappa shape index (κ1) is 20.2. The van der Waals surface area contributed by atoms with Crippen LogP contribution < -0.4 is 9.64 Å². The van der Waals surface area contributed by atoms with E-state index in [1.807, 2.05) is 0 Å². The highest BCUT2D eigenvalue weighted by Gasteiger charge is 2.24. The van der Waals surface area contributed by atoms with Gasteiger partial charge in [-0.1, -0.05) is 56.3 Å². The van der Waals surface area contributed by atoms with E-state index >= 15 is 0 Å². The van der Waals surface area contributed by atoms with Gasteiger partial charge in [-0.3, -0.25) is 4.90 Å². The van der Waals surface area contributed by atoms with Crippen LogP contribution in [-0.4, -0.2) is 50.4 Å². The lowest BCUT2D eigenvalue weighted by molar-refractivity contribution is -0.0503. The molecular formula is C25H34N2O2. The normalized spacial score (nSPS) is 20.0. The van der Waals surface area contributed by atoms with Crippen molar-refractivity contribution in [3.05, 3.63) is 59.7 Å². The molecule has 0 amide bonds. The molecule has 0 aromatic heterocycles. The minimum Gasteiger partial charge on any atom is -0.489 e. The minimum absolute atomic E-state index is 0.116. The summed E-state index contributed by atoms with van der Waals surface area (Å²) in [6.45, 7) is 11.0. The Morgan fingerprint density at radius 1 is 1.07 bits per heavy atom. The number of morpholine rings is 1. The molecule has 2 aliphatic rings. The first-order valence-corrected chi connectivity index (χ1v) is 11.1. The van der Waals surface area contributed by atoms with E-state index in [-0.39, 0.29) is 6.10 Å². The van der Waals surface area contributed by atoms with Gasteiger partial charge < -0.3 is 14.4 Å². The Labute approximate surface area is 175 Å². The molecule has 2 aromatic carbocycles. The van der Waals surface area contributed by atoms with E-state index in [1.54, 1.807) is 0 Å². The first-order chi connectivity index (χ1) is 14.2. The standard InChI is InChI=1S/C25H34N2O2/c1-20(2)16-27-13-7-11-22-10-6-12-24(25(22)27)29-19-23-18-26(14-15-28-23)17-21-8-4-3-5-9-21/h3-6,8-10,12,20,23H,7,11,13-19H2,1-2H3/t23-/m0/s1. The van der Waals surface area contributed by atoms with Gasteiger partial charge in [0.25, 0.3) is 0 Å². The fourth-order valence-corrected chi connectivity index (χ4v) is 4.49. The molecule has 0 radical (unpaired) electrons. The molecule has 1 saturated heterocycles. The lowest BCUT2D eigenvalue weighted by Gasteiger charge is -2.35. The average molecular weight is 395 g/mol. The Kier molecular flexibility index (Phi) is 6.73. The Morgan fingerprint density at radius 2 is 1.93 bits per heavy atom. The zero-order valence-corrected chi connectivity index (χ0v) is 17.8. The highest BCUT2D eigenvalue weighted by atomic mass is 16.5. The van der Waals surface area contributed by atoms with Gasteiger partial charge in [-0.2, -0.15) is 0 Å². The largest absolute Gasteiger partial charge is 0.489 e. The smallest absolute Gasteiger partial charge is 0.143 e. The van der Waals surface area contributed by atoms with Crippen molar-refractivity contribution in [2.45, 2.75) is 39.3 Å². The number of ether oxygens (including phenoxy) is 2. The monoisotopic (exact) mass is 394 g/mol. The Hall–Kier alpha value is -2.04. The van der Waals surface area contributed by atoms with Crippen LogP contribution in [0.25, 0.3) is 0 Å². The van der Waals surface area contributed by atoms with Gasteiger partial charge >= 0.3 is 0 Å². The van der Waals surface area contributed by atoms with Crippen LogP contribution in [0.5, 0.6) is 5.75 Å². The highest BCUT2D eigenvalue weighted by molar-refractivity contribution is 5.65. The molecule has 0 unspecified atom stereocenters. The maximum Gasteiger partial charge on any atom is 0.143 e. The number of fused-ring (bicyclic) bond motifs is 1. The number of anilines is 1. The van der Waals surface area contributed by atoms with Gasteiger partial charge in [-0.05, 0) is 36.0 Å². The molecule has 4 heteroatoms. The predicted octanol–water partition coefficient (Wildman–Crippen LogP) is 4.38. The van der Waals surface area contributed by atoms with Crippen molar-refractivity contribution < 1.29 is 9.47 Å². The molecule has 1 atom stereocenters. The summed E-state index contributed by atoms with van der Waals surface area (Å²) in [5, 5.41) is 0. The van der Waals surface area contributed by atoms with Gasteiger partial charge in [0.15, 0.2) is 0 Å². The third-order valence-electron chi connectivity index (χ3n) is 5.76. The van der Waals surface area contributed by atoms with Crippen LogP contribution in [0.4, 0.5) is 5.69 Å². The summed E-state index contributed by atoms with van der Waals surface area (Å²) in [6.07, 6.45) is 2.49. The quantitative estimate of drug-likeness (QED) is 0.696. The second-order valence-electron chi connectivity index (χ2n) is 8.73. The van der Waals surface area contributed by atoms with Crippen molar-refractivity contribution in [2.75, 3.05) is 44.3 Å². The summed E-state index contributed by atoms with van der Waals surface area (Å²) in [5.41, 5.74) is 4.09. The lowest BCUT2D eigenvalue weighted by atomic mass is 10.00. The molecule has 0 spiro atoms. The van der Waals surface area contributed by atoms with Gasteiger partial charge in [0.1, 0.15) is 18.5 Å².